The van der Waals surface area contributed by atoms with Gasteiger partial charge in [0.05, 0.1) is 12.7 Å². The Morgan fingerprint density at radius 3 is 2.74 bits per heavy atom. The summed E-state index contributed by atoms with van der Waals surface area (Å²) >= 11 is 12.2. The highest BCUT2D eigenvalue weighted by Crippen LogP contribution is 2.25. The van der Waals surface area contributed by atoms with E-state index < -0.39 is 5.97 Å². The van der Waals surface area contributed by atoms with Crippen molar-refractivity contribution in [3.8, 4) is 11.4 Å². The van der Waals surface area contributed by atoms with Crippen LogP contribution in [-0.4, -0.2) is 25.6 Å². The van der Waals surface area contributed by atoms with Gasteiger partial charge in [0.25, 0.3) is 0 Å². The molecular weight excluding hydrogens is 337 g/mol. The highest BCUT2D eigenvalue weighted by atomic mass is 35.5. The Morgan fingerprint density at radius 1 is 1.22 bits per heavy atom. The Bertz CT molecular complexity index is 863. The second kappa shape index (κ2) is 6.40. The molecular formula is C16H11Cl2N3O2. The van der Waals surface area contributed by atoms with E-state index in [1.807, 2.05) is 6.07 Å². The van der Waals surface area contributed by atoms with Gasteiger partial charge in [-0.25, -0.2) is 9.78 Å². The number of carboxylic acids is 1. The van der Waals surface area contributed by atoms with Crippen LogP contribution in [0.15, 0.2) is 48.9 Å². The van der Waals surface area contributed by atoms with E-state index in [0.29, 0.717) is 21.4 Å². The molecule has 0 atom stereocenters. The molecule has 1 aromatic carbocycles. The van der Waals surface area contributed by atoms with Crippen molar-refractivity contribution in [2.75, 3.05) is 0 Å². The number of carboxylic acid groups (broad SMARTS) is 1. The molecule has 0 fully saturated rings. The molecule has 0 bridgehead atoms. The van der Waals surface area contributed by atoms with Gasteiger partial charge in [-0.1, -0.05) is 23.2 Å². The lowest BCUT2D eigenvalue weighted by Gasteiger charge is -2.12. The Kier molecular flexibility index (Phi) is 4.32. The number of halogens is 2. The van der Waals surface area contributed by atoms with Crippen molar-refractivity contribution >= 4 is 29.2 Å². The molecule has 1 N–H and O–H groups in total. The van der Waals surface area contributed by atoms with Crippen LogP contribution in [0.25, 0.3) is 11.4 Å². The zero-order valence-electron chi connectivity index (χ0n) is 11.8. The summed E-state index contributed by atoms with van der Waals surface area (Å²) in [6, 6.07) is 8.66. The molecule has 0 spiro atoms. The summed E-state index contributed by atoms with van der Waals surface area (Å²) in [5.74, 6) is -0.558. The van der Waals surface area contributed by atoms with E-state index in [1.54, 1.807) is 41.2 Å². The van der Waals surface area contributed by atoms with Gasteiger partial charge in [-0.05, 0) is 35.9 Å². The molecule has 7 heteroatoms. The first-order valence-corrected chi connectivity index (χ1v) is 7.45. The molecule has 2 aromatic heterocycles. The molecule has 0 saturated heterocycles. The van der Waals surface area contributed by atoms with Crippen LogP contribution >= 0.6 is 23.2 Å². The Balaban J connectivity index is 2.11. The zero-order valence-corrected chi connectivity index (χ0v) is 13.3. The van der Waals surface area contributed by atoms with Crippen LogP contribution in [-0.2, 0) is 6.54 Å². The third-order valence-electron chi connectivity index (χ3n) is 3.33. The second-order valence-corrected chi connectivity index (χ2v) is 5.68. The summed E-state index contributed by atoms with van der Waals surface area (Å²) in [7, 11) is 0. The minimum atomic E-state index is -1.06. The summed E-state index contributed by atoms with van der Waals surface area (Å²) in [6.07, 6.45) is 4.59. The first-order chi connectivity index (χ1) is 11.1. The number of aromatic nitrogens is 3. The average Bonchev–Trinajstić information content (AvgIpc) is 2.95. The van der Waals surface area contributed by atoms with Crippen molar-refractivity contribution in [1.29, 1.82) is 0 Å². The van der Waals surface area contributed by atoms with Crippen molar-refractivity contribution in [3.63, 3.8) is 0 Å². The second-order valence-electron chi connectivity index (χ2n) is 4.84. The summed E-state index contributed by atoms with van der Waals surface area (Å²) in [4.78, 5) is 19.7. The van der Waals surface area contributed by atoms with E-state index in [1.165, 1.54) is 6.20 Å². The molecule has 23 heavy (non-hydrogen) atoms. The van der Waals surface area contributed by atoms with Crippen molar-refractivity contribution in [3.05, 3.63) is 70.2 Å². The fourth-order valence-electron chi connectivity index (χ4n) is 2.27. The van der Waals surface area contributed by atoms with Gasteiger partial charge < -0.3 is 9.67 Å². The third kappa shape index (κ3) is 3.21. The number of benzene rings is 1. The van der Waals surface area contributed by atoms with Gasteiger partial charge in [0, 0.05) is 28.0 Å². The molecule has 0 aliphatic rings. The molecule has 0 aliphatic heterocycles. The lowest BCUT2D eigenvalue weighted by atomic mass is 10.2. The summed E-state index contributed by atoms with van der Waals surface area (Å²) in [5.41, 5.74) is 1.50. The monoisotopic (exact) mass is 347 g/mol. The normalized spacial score (nSPS) is 10.7. The lowest BCUT2D eigenvalue weighted by molar-refractivity contribution is 0.0686. The average molecular weight is 348 g/mol. The van der Waals surface area contributed by atoms with Crippen molar-refractivity contribution in [1.82, 2.24) is 14.5 Å². The number of pyridine rings is 1. The Hall–Kier alpha value is -2.37. The fraction of sp³-hybridized carbons (Fsp3) is 0.0625. The van der Waals surface area contributed by atoms with Gasteiger partial charge in [-0.15, -0.1) is 0 Å². The van der Waals surface area contributed by atoms with Gasteiger partial charge in [-0.2, -0.15) is 0 Å². The zero-order chi connectivity index (χ0) is 16.4. The maximum atomic E-state index is 11.5. The molecule has 5 nitrogen and oxygen atoms in total. The van der Waals surface area contributed by atoms with Crippen molar-refractivity contribution in [2.24, 2.45) is 0 Å². The predicted molar refractivity (Wildman–Crippen MR) is 88.0 cm³/mol. The first kappa shape index (κ1) is 15.5. The number of imidazole rings is 1. The van der Waals surface area contributed by atoms with Crippen molar-refractivity contribution in [2.45, 2.75) is 6.54 Å². The minimum Gasteiger partial charge on any atom is -0.477 e. The number of nitrogens with zero attached hydrogens (tertiary/aromatic N) is 3. The maximum Gasteiger partial charge on any atom is 0.354 e. The van der Waals surface area contributed by atoms with Gasteiger partial charge in [0.1, 0.15) is 11.5 Å². The van der Waals surface area contributed by atoms with E-state index in [2.05, 4.69) is 9.97 Å². The fourth-order valence-corrected chi connectivity index (χ4v) is 2.64. The van der Waals surface area contributed by atoms with Crippen LogP contribution in [0.4, 0.5) is 0 Å². The van der Waals surface area contributed by atoms with E-state index in [4.69, 9.17) is 23.2 Å². The van der Waals surface area contributed by atoms with Gasteiger partial charge in [0.2, 0.25) is 0 Å². The summed E-state index contributed by atoms with van der Waals surface area (Å²) < 4.78 is 1.58. The summed E-state index contributed by atoms with van der Waals surface area (Å²) in [5, 5.41) is 10.4. The highest BCUT2D eigenvalue weighted by molar-refractivity contribution is 6.33. The highest BCUT2D eigenvalue weighted by Gasteiger charge is 2.18. The Labute approximate surface area is 142 Å². The van der Waals surface area contributed by atoms with Crippen LogP contribution in [0.1, 0.15) is 16.1 Å². The lowest BCUT2D eigenvalue weighted by Crippen LogP contribution is -2.11. The first-order valence-electron chi connectivity index (χ1n) is 6.69. The molecule has 3 aromatic rings. The van der Waals surface area contributed by atoms with E-state index in [9.17, 15) is 9.90 Å². The summed E-state index contributed by atoms with van der Waals surface area (Å²) in [6.45, 7) is 0.241. The smallest absolute Gasteiger partial charge is 0.354 e. The number of aromatic carboxylic acids is 1. The van der Waals surface area contributed by atoms with Crippen molar-refractivity contribution < 1.29 is 9.90 Å². The standard InChI is InChI=1S/C16H11Cl2N3O2/c17-12-3-4-13(18)11(6-12)9-21-14(16(22)23)8-20-15(21)10-2-1-5-19-7-10/h1-8H,9H2,(H,22,23). The maximum absolute atomic E-state index is 11.5. The molecule has 2 heterocycles. The van der Waals surface area contributed by atoms with Crippen LogP contribution in [0.3, 0.4) is 0 Å². The quantitative estimate of drug-likeness (QED) is 0.774. The van der Waals surface area contributed by atoms with E-state index >= 15 is 0 Å². The molecule has 0 amide bonds. The molecule has 0 aliphatic carbocycles. The third-order valence-corrected chi connectivity index (χ3v) is 3.93. The van der Waals surface area contributed by atoms with Crippen LogP contribution in [0.5, 0.6) is 0 Å². The number of hydrogen-bond donors (Lipinski definition) is 1. The Morgan fingerprint density at radius 2 is 2.04 bits per heavy atom. The van der Waals surface area contributed by atoms with Gasteiger partial charge in [-0.3, -0.25) is 4.98 Å². The number of hydrogen-bond acceptors (Lipinski definition) is 3. The predicted octanol–water partition coefficient (Wildman–Crippen LogP) is 4.00. The van der Waals surface area contributed by atoms with Gasteiger partial charge in [0.15, 0.2) is 0 Å². The largest absolute Gasteiger partial charge is 0.477 e. The van der Waals surface area contributed by atoms with Gasteiger partial charge >= 0.3 is 5.97 Å². The number of rotatable bonds is 4. The molecule has 0 radical (unpaired) electrons. The molecule has 0 saturated carbocycles. The number of carbonyl (C=O) groups is 1. The van der Waals surface area contributed by atoms with Crippen LogP contribution < -0.4 is 0 Å². The molecule has 116 valence electrons. The minimum absolute atomic E-state index is 0.0693. The SMILES string of the molecule is O=C(O)c1cnc(-c2cccnc2)n1Cc1cc(Cl)ccc1Cl. The topological polar surface area (TPSA) is 68.0 Å². The van der Waals surface area contributed by atoms with E-state index in [-0.39, 0.29) is 12.2 Å². The van der Waals surface area contributed by atoms with Crippen LogP contribution in [0.2, 0.25) is 10.0 Å². The molecule has 3 rings (SSSR count). The molecule has 0 unspecified atom stereocenters. The van der Waals surface area contributed by atoms with Crippen LogP contribution in [0, 0.1) is 0 Å². The van der Waals surface area contributed by atoms with E-state index in [0.717, 1.165) is 5.56 Å².